The van der Waals surface area contributed by atoms with Crippen molar-refractivity contribution in [1.82, 2.24) is 19.8 Å². The number of hydrogen-bond donors (Lipinski definition) is 3. The Kier molecular flexibility index (Phi) is 9.10. The Labute approximate surface area is 229 Å². The van der Waals surface area contributed by atoms with E-state index in [1.54, 1.807) is 13.3 Å². The third kappa shape index (κ3) is 7.15. The molecular formula is C29H38N6O4. The number of piperazine rings is 1. The minimum atomic E-state index is 0.132. The van der Waals surface area contributed by atoms with Gasteiger partial charge in [0.05, 0.1) is 38.3 Å². The van der Waals surface area contributed by atoms with Gasteiger partial charge in [0.25, 0.3) is 0 Å². The Morgan fingerprint density at radius 3 is 2.56 bits per heavy atom. The number of rotatable bonds is 10. The topological polar surface area (TPSA) is 118 Å². The summed E-state index contributed by atoms with van der Waals surface area (Å²) in [6, 6.07) is 13.7. The van der Waals surface area contributed by atoms with Crippen LogP contribution in [-0.2, 0) is 11.3 Å². The first-order valence-electron chi connectivity index (χ1n) is 13.6. The minimum absolute atomic E-state index is 0.132. The molecule has 3 heterocycles. The molecule has 1 aromatic heterocycles. The highest BCUT2D eigenvalue weighted by molar-refractivity contribution is 5.69. The van der Waals surface area contributed by atoms with E-state index in [9.17, 15) is 0 Å². The van der Waals surface area contributed by atoms with Gasteiger partial charge in [0.1, 0.15) is 17.6 Å². The molecule has 2 aliphatic rings. The van der Waals surface area contributed by atoms with E-state index >= 15 is 0 Å². The highest BCUT2D eigenvalue weighted by atomic mass is 16.5. The second kappa shape index (κ2) is 13.1. The average molecular weight is 535 g/mol. The Morgan fingerprint density at radius 2 is 1.82 bits per heavy atom. The first-order chi connectivity index (χ1) is 19.1. The monoisotopic (exact) mass is 534 g/mol. The van der Waals surface area contributed by atoms with Crippen molar-refractivity contribution in [3.8, 4) is 22.8 Å². The molecule has 2 aromatic carbocycles. The minimum Gasteiger partial charge on any atom is -0.496 e. The number of aliphatic hydroxyl groups excluding tert-OH is 1. The summed E-state index contributed by atoms with van der Waals surface area (Å²) in [6.07, 6.45) is 3.61. The van der Waals surface area contributed by atoms with Crippen molar-refractivity contribution in [2.45, 2.75) is 25.5 Å². The molecule has 2 fully saturated rings. The molecule has 4 N–H and O–H groups in total. The van der Waals surface area contributed by atoms with Crippen molar-refractivity contribution in [2.24, 2.45) is 0 Å². The van der Waals surface area contributed by atoms with Crippen LogP contribution in [0.5, 0.6) is 11.5 Å². The molecule has 0 bridgehead atoms. The number of hydrogen-bond acceptors (Lipinski definition) is 10. The molecule has 0 radical (unpaired) electrons. The number of anilines is 3. The van der Waals surface area contributed by atoms with E-state index in [4.69, 9.17) is 30.0 Å². The van der Waals surface area contributed by atoms with E-state index in [1.807, 2.05) is 36.4 Å². The maximum absolute atomic E-state index is 9.16. The van der Waals surface area contributed by atoms with Gasteiger partial charge in [0.15, 0.2) is 0 Å². The number of nitrogen functional groups attached to an aromatic ring is 1. The Bertz CT molecular complexity index is 1230. The van der Waals surface area contributed by atoms with Gasteiger partial charge in [-0.25, -0.2) is 9.97 Å². The van der Waals surface area contributed by atoms with Gasteiger partial charge in [-0.1, -0.05) is 6.07 Å². The van der Waals surface area contributed by atoms with E-state index in [1.165, 1.54) is 0 Å². The summed E-state index contributed by atoms with van der Waals surface area (Å²) in [5.74, 6) is 2.00. The van der Waals surface area contributed by atoms with Gasteiger partial charge in [-0.2, -0.15) is 0 Å². The van der Waals surface area contributed by atoms with Crippen LogP contribution in [0.25, 0.3) is 11.3 Å². The van der Waals surface area contributed by atoms with Crippen molar-refractivity contribution in [1.29, 1.82) is 0 Å². The third-order valence-electron chi connectivity index (χ3n) is 7.24. The molecule has 10 heteroatoms. The van der Waals surface area contributed by atoms with Crippen molar-refractivity contribution < 1.29 is 19.3 Å². The smallest absolute Gasteiger partial charge is 0.227 e. The van der Waals surface area contributed by atoms with Crippen LogP contribution in [-0.4, -0.2) is 90.6 Å². The molecule has 0 saturated carbocycles. The van der Waals surface area contributed by atoms with Gasteiger partial charge in [0, 0.05) is 81.2 Å². The van der Waals surface area contributed by atoms with Crippen LogP contribution in [0.2, 0.25) is 0 Å². The lowest BCUT2D eigenvalue weighted by Gasteiger charge is -2.34. The first kappa shape index (κ1) is 27.1. The molecule has 0 atom stereocenters. The van der Waals surface area contributed by atoms with Crippen molar-refractivity contribution in [3.63, 3.8) is 0 Å². The number of aromatic nitrogens is 2. The average Bonchev–Trinajstić information content (AvgIpc) is 2.97. The van der Waals surface area contributed by atoms with Gasteiger partial charge >= 0.3 is 0 Å². The molecule has 10 nitrogen and oxygen atoms in total. The molecule has 0 aliphatic carbocycles. The molecule has 5 rings (SSSR count). The molecule has 0 spiro atoms. The zero-order valence-electron chi connectivity index (χ0n) is 22.5. The van der Waals surface area contributed by atoms with Crippen LogP contribution in [0.3, 0.4) is 0 Å². The largest absolute Gasteiger partial charge is 0.496 e. The predicted molar refractivity (Wildman–Crippen MR) is 151 cm³/mol. The summed E-state index contributed by atoms with van der Waals surface area (Å²) in [7, 11) is 1.69. The van der Waals surface area contributed by atoms with Crippen LogP contribution in [0.1, 0.15) is 18.4 Å². The lowest BCUT2D eigenvalue weighted by molar-refractivity contribution is 0.0259. The predicted octanol–water partition coefficient (Wildman–Crippen LogP) is 3.15. The summed E-state index contributed by atoms with van der Waals surface area (Å²) in [5.41, 5.74) is 10.5. The fraction of sp³-hybridized carbons (Fsp3) is 0.448. The molecule has 0 unspecified atom stereocenters. The molecule has 3 aromatic rings. The van der Waals surface area contributed by atoms with E-state index in [-0.39, 0.29) is 12.7 Å². The summed E-state index contributed by atoms with van der Waals surface area (Å²) in [5, 5.41) is 12.5. The fourth-order valence-corrected chi connectivity index (χ4v) is 5.00. The van der Waals surface area contributed by atoms with Crippen LogP contribution < -0.4 is 20.5 Å². The number of methoxy groups -OCH3 is 1. The molecule has 2 saturated heterocycles. The fourth-order valence-electron chi connectivity index (χ4n) is 5.00. The zero-order chi connectivity index (χ0) is 27.0. The number of β-amino-alcohol motifs (C(OH)–C–C–N with tert-alkyl or cyclic N) is 1. The van der Waals surface area contributed by atoms with E-state index in [0.717, 1.165) is 93.6 Å². The molecule has 39 heavy (non-hydrogen) atoms. The van der Waals surface area contributed by atoms with E-state index in [2.05, 4.69) is 26.2 Å². The van der Waals surface area contributed by atoms with Crippen LogP contribution in [0.15, 0.2) is 48.7 Å². The number of aliphatic hydroxyl groups is 1. The highest BCUT2D eigenvalue weighted by Gasteiger charge is 2.19. The standard InChI is InChI=1S/C29H38N6O4/c1-37-28-19-23(4-2-22(28)20-35-12-10-34(11-13-35)14-15-36)32-29-31-9-6-26(33-29)21-3-5-27(25(30)18-21)39-24-7-16-38-17-8-24/h2-6,9,18-19,24,36H,7-8,10-17,20,30H2,1H3,(H,31,32,33). The zero-order valence-corrected chi connectivity index (χ0v) is 22.5. The van der Waals surface area contributed by atoms with Crippen LogP contribution >= 0.6 is 0 Å². The van der Waals surface area contributed by atoms with Crippen LogP contribution in [0, 0.1) is 0 Å². The highest BCUT2D eigenvalue weighted by Crippen LogP contribution is 2.31. The Hall–Kier alpha value is -3.44. The number of nitrogens with one attached hydrogen (secondary N) is 1. The van der Waals surface area contributed by atoms with Gasteiger partial charge in [0.2, 0.25) is 5.95 Å². The number of ether oxygens (including phenoxy) is 3. The van der Waals surface area contributed by atoms with Gasteiger partial charge < -0.3 is 30.4 Å². The number of nitrogens with two attached hydrogens (primary N) is 1. The first-order valence-corrected chi connectivity index (χ1v) is 13.6. The Balaban J connectivity index is 1.23. The van der Waals surface area contributed by atoms with Gasteiger partial charge in [-0.15, -0.1) is 0 Å². The third-order valence-corrected chi connectivity index (χ3v) is 7.24. The van der Waals surface area contributed by atoms with Crippen LogP contribution in [0.4, 0.5) is 17.3 Å². The van der Waals surface area contributed by atoms with E-state index in [0.29, 0.717) is 17.4 Å². The second-order valence-corrected chi connectivity index (χ2v) is 9.94. The van der Waals surface area contributed by atoms with Gasteiger partial charge in [-0.05, 0) is 30.3 Å². The SMILES string of the molecule is COc1cc(Nc2nccc(-c3ccc(OC4CCOCC4)c(N)c3)n2)ccc1CN1CCN(CCO)CC1. The molecule has 208 valence electrons. The number of benzene rings is 2. The summed E-state index contributed by atoms with van der Waals surface area (Å²) >= 11 is 0. The van der Waals surface area contributed by atoms with Crippen molar-refractivity contribution in [2.75, 3.05) is 70.7 Å². The Morgan fingerprint density at radius 1 is 1.03 bits per heavy atom. The summed E-state index contributed by atoms with van der Waals surface area (Å²) in [4.78, 5) is 13.8. The van der Waals surface area contributed by atoms with Crippen molar-refractivity contribution >= 4 is 17.3 Å². The molecule has 2 aliphatic heterocycles. The van der Waals surface area contributed by atoms with Gasteiger partial charge in [-0.3, -0.25) is 9.80 Å². The van der Waals surface area contributed by atoms with E-state index < -0.39 is 0 Å². The number of nitrogens with zero attached hydrogens (tertiary/aromatic N) is 4. The lowest BCUT2D eigenvalue weighted by Crippen LogP contribution is -2.46. The summed E-state index contributed by atoms with van der Waals surface area (Å²) < 4.78 is 17.2. The summed E-state index contributed by atoms with van der Waals surface area (Å²) in [6.45, 7) is 7.08. The van der Waals surface area contributed by atoms with Crippen molar-refractivity contribution in [3.05, 3.63) is 54.2 Å². The second-order valence-electron chi connectivity index (χ2n) is 9.94. The maximum atomic E-state index is 9.16. The normalized spacial score (nSPS) is 17.2. The quantitative estimate of drug-likeness (QED) is 0.335. The maximum Gasteiger partial charge on any atom is 0.227 e. The molecular weight excluding hydrogens is 496 g/mol. The molecule has 0 amide bonds. The lowest BCUT2D eigenvalue weighted by atomic mass is 10.1.